The monoisotopic (exact) mass is 808 g/mol. The van der Waals surface area contributed by atoms with Crippen molar-refractivity contribution in [3.63, 3.8) is 0 Å². The number of aliphatic hydroxyl groups is 1. The second-order valence-electron chi connectivity index (χ2n) is 16.7. The molecule has 5 fully saturated rings. The van der Waals surface area contributed by atoms with Crippen LogP contribution in [0, 0.1) is 5.92 Å². The summed E-state index contributed by atoms with van der Waals surface area (Å²) in [5.41, 5.74) is 9.58. The van der Waals surface area contributed by atoms with E-state index in [1.807, 2.05) is 18.0 Å². The minimum Gasteiger partial charge on any atom is -0.373 e. The molecule has 0 radical (unpaired) electrons. The van der Waals surface area contributed by atoms with Crippen molar-refractivity contribution in [2.75, 3.05) is 81.1 Å². The van der Waals surface area contributed by atoms with Crippen molar-refractivity contribution in [3.8, 4) is 0 Å². The van der Waals surface area contributed by atoms with Gasteiger partial charge in [0.2, 0.25) is 11.8 Å². The maximum Gasteiger partial charge on any atom is 0.320 e. The number of likely N-dealkylation sites (tertiary alicyclic amines) is 1. The molecule has 5 amide bonds. The largest absolute Gasteiger partial charge is 0.373 e. The molecule has 59 heavy (non-hydrogen) atoms. The number of benzene rings is 1. The number of carbonyl (C=O) groups is 4. The fourth-order valence-corrected chi connectivity index (χ4v) is 9.21. The highest BCUT2D eigenvalue weighted by Gasteiger charge is 2.35. The molecule has 3 atom stereocenters. The van der Waals surface area contributed by atoms with Crippen LogP contribution in [-0.4, -0.2) is 137 Å². The van der Waals surface area contributed by atoms with Gasteiger partial charge >= 0.3 is 6.03 Å². The number of imide groups is 1. The minimum absolute atomic E-state index is 0.0789. The van der Waals surface area contributed by atoms with Crippen LogP contribution in [-0.2, 0) is 9.59 Å². The summed E-state index contributed by atoms with van der Waals surface area (Å²) in [5, 5.41) is 18.6. The van der Waals surface area contributed by atoms with Gasteiger partial charge in [-0.2, -0.15) is 0 Å². The third-order valence-corrected chi connectivity index (χ3v) is 12.7. The molecule has 8 rings (SSSR count). The van der Waals surface area contributed by atoms with Gasteiger partial charge in [-0.25, -0.2) is 19.7 Å². The molecule has 5 aliphatic rings. The maximum atomic E-state index is 12.7. The standard InChI is InChI=1S/C42H56N12O5/c1-50-21-22-54(42(50)59)32-3-2-16-53(26-32)35-24-45-37(38(43)56)39(48-35)46-30-6-4-28(5-7-30)29-14-17-51(18-15-29)25-27-12-19-52(20-13-27)31-8-9-33(44-23-31)40(57)47-34-10-11-36(55)49-41(34)58/h4-9,23-24,27,29,32,34,38,56H,2-3,10-22,25-26,43H2,1H3,(H,46,48)(H,47,57)(H,49,55,58)/t32-,34+,38?/m1/s1. The third kappa shape index (κ3) is 9.42. The van der Waals surface area contributed by atoms with Gasteiger partial charge in [0.25, 0.3) is 5.91 Å². The SMILES string of the molecule is CN1CCN([C@@H]2CCCN(c3cnc(C(N)O)c(Nc4ccc(C5CCN(CC6CCN(c7ccc(C(=O)N[C@H]8CCC(=O)NC8=O)nc7)CC6)CC5)cc4)n3)C2)C1=O. The van der Waals surface area contributed by atoms with Crippen LogP contribution >= 0.6 is 0 Å². The van der Waals surface area contributed by atoms with Crippen LogP contribution in [0.25, 0.3) is 0 Å². The molecule has 1 aromatic carbocycles. The summed E-state index contributed by atoms with van der Waals surface area (Å²) in [6.45, 7) is 8.08. The van der Waals surface area contributed by atoms with Crippen LogP contribution < -0.4 is 31.5 Å². The number of carbonyl (C=O) groups excluding carboxylic acids is 4. The van der Waals surface area contributed by atoms with E-state index in [9.17, 15) is 24.3 Å². The van der Waals surface area contributed by atoms with E-state index >= 15 is 0 Å². The highest BCUT2D eigenvalue weighted by molar-refractivity contribution is 6.03. The first-order valence-electron chi connectivity index (χ1n) is 21.1. The summed E-state index contributed by atoms with van der Waals surface area (Å²) in [4.78, 5) is 73.4. The number of nitrogens with zero attached hydrogens (tertiary/aromatic N) is 8. The Balaban J connectivity index is 0.788. The van der Waals surface area contributed by atoms with Gasteiger partial charge in [0, 0.05) is 65.0 Å². The molecule has 17 heteroatoms. The zero-order chi connectivity index (χ0) is 41.0. The van der Waals surface area contributed by atoms with E-state index in [2.05, 4.69) is 64.9 Å². The van der Waals surface area contributed by atoms with Crippen molar-refractivity contribution in [2.45, 2.75) is 75.6 Å². The third-order valence-electron chi connectivity index (χ3n) is 12.7. The summed E-state index contributed by atoms with van der Waals surface area (Å²) < 4.78 is 0. The number of urea groups is 1. The molecule has 6 N–H and O–H groups in total. The highest BCUT2D eigenvalue weighted by Crippen LogP contribution is 2.32. The van der Waals surface area contributed by atoms with Gasteiger partial charge in [0.1, 0.15) is 29.5 Å². The van der Waals surface area contributed by atoms with E-state index in [4.69, 9.17) is 10.7 Å². The zero-order valence-corrected chi connectivity index (χ0v) is 33.8. The van der Waals surface area contributed by atoms with E-state index < -0.39 is 24.1 Å². The molecule has 3 aromatic rings. The lowest BCUT2D eigenvalue weighted by Gasteiger charge is -2.38. The zero-order valence-electron chi connectivity index (χ0n) is 33.8. The Kier molecular flexibility index (Phi) is 12.2. The highest BCUT2D eigenvalue weighted by atomic mass is 16.3. The molecular weight excluding hydrogens is 753 g/mol. The molecule has 2 aromatic heterocycles. The summed E-state index contributed by atoms with van der Waals surface area (Å²) in [6, 6.07) is 11.6. The van der Waals surface area contributed by atoms with Crippen LogP contribution in [0.1, 0.15) is 85.3 Å². The number of aliphatic hydroxyl groups excluding tert-OH is 1. The Morgan fingerprint density at radius 2 is 1.68 bits per heavy atom. The summed E-state index contributed by atoms with van der Waals surface area (Å²) >= 11 is 0. The molecule has 0 bridgehead atoms. The average molecular weight is 809 g/mol. The Morgan fingerprint density at radius 3 is 2.36 bits per heavy atom. The molecule has 7 heterocycles. The van der Waals surface area contributed by atoms with Crippen molar-refractivity contribution in [1.82, 2.24) is 40.3 Å². The fourth-order valence-electron chi connectivity index (χ4n) is 9.21. The average Bonchev–Trinajstić information content (AvgIpc) is 3.59. The van der Waals surface area contributed by atoms with Crippen molar-refractivity contribution in [1.29, 1.82) is 0 Å². The number of hydrogen-bond acceptors (Lipinski definition) is 13. The number of piperidine rings is 4. The molecule has 17 nitrogen and oxygen atoms in total. The van der Waals surface area contributed by atoms with Gasteiger partial charge in [-0.05, 0) is 99.7 Å². The number of likely N-dealkylation sites (N-methyl/N-ethyl adjacent to an activating group) is 1. The lowest BCUT2D eigenvalue weighted by atomic mass is 9.88. The van der Waals surface area contributed by atoms with Crippen LogP contribution in [0.3, 0.4) is 0 Å². The maximum absolute atomic E-state index is 12.7. The van der Waals surface area contributed by atoms with Gasteiger partial charge in [0.15, 0.2) is 5.82 Å². The number of rotatable bonds is 11. The molecule has 0 spiro atoms. The number of pyridine rings is 1. The van der Waals surface area contributed by atoms with Crippen LogP contribution in [0.2, 0.25) is 0 Å². The topological polar surface area (TPSA) is 205 Å². The van der Waals surface area contributed by atoms with E-state index in [1.165, 1.54) is 5.56 Å². The van der Waals surface area contributed by atoms with Crippen LogP contribution in [0.15, 0.2) is 48.8 Å². The number of amides is 5. The predicted octanol–water partition coefficient (Wildman–Crippen LogP) is 2.53. The van der Waals surface area contributed by atoms with E-state index in [1.54, 1.807) is 23.4 Å². The van der Waals surface area contributed by atoms with Crippen molar-refractivity contribution >= 4 is 46.8 Å². The number of hydrogen-bond donors (Lipinski definition) is 5. The Hall–Kier alpha value is -5.39. The smallest absolute Gasteiger partial charge is 0.320 e. The molecule has 0 aliphatic carbocycles. The first-order chi connectivity index (χ1) is 28.6. The summed E-state index contributed by atoms with van der Waals surface area (Å²) in [5.74, 6) is 1.01. The molecule has 314 valence electrons. The minimum atomic E-state index is -1.28. The second-order valence-corrected chi connectivity index (χ2v) is 16.7. The van der Waals surface area contributed by atoms with Crippen molar-refractivity contribution in [3.05, 3.63) is 65.7 Å². The lowest BCUT2D eigenvalue weighted by molar-refractivity contribution is -0.134. The van der Waals surface area contributed by atoms with E-state index in [0.717, 1.165) is 102 Å². The van der Waals surface area contributed by atoms with E-state index in [0.29, 0.717) is 30.0 Å². The predicted molar refractivity (Wildman–Crippen MR) is 222 cm³/mol. The number of anilines is 4. The fraction of sp³-hybridized carbons (Fsp3) is 0.548. The first-order valence-corrected chi connectivity index (χ1v) is 21.1. The second kappa shape index (κ2) is 17.8. The molecular formula is C42H56N12O5. The Labute approximate surface area is 344 Å². The lowest BCUT2D eigenvalue weighted by Crippen LogP contribution is -2.52. The van der Waals surface area contributed by atoms with Crippen LogP contribution in [0.4, 0.5) is 27.8 Å². The molecule has 5 saturated heterocycles. The number of nitrogens with one attached hydrogen (secondary N) is 3. The van der Waals surface area contributed by atoms with Crippen molar-refractivity contribution in [2.24, 2.45) is 11.7 Å². The summed E-state index contributed by atoms with van der Waals surface area (Å²) in [7, 11) is 1.84. The van der Waals surface area contributed by atoms with Crippen molar-refractivity contribution < 1.29 is 24.3 Å². The summed E-state index contributed by atoms with van der Waals surface area (Å²) in [6.07, 6.45) is 8.90. The Morgan fingerprint density at radius 1 is 0.898 bits per heavy atom. The molecule has 0 saturated carbocycles. The van der Waals surface area contributed by atoms with E-state index in [-0.39, 0.29) is 42.2 Å². The van der Waals surface area contributed by atoms with Gasteiger partial charge in [-0.15, -0.1) is 0 Å². The molecule has 1 unspecified atom stereocenters. The quantitative estimate of drug-likeness (QED) is 0.140. The van der Waals surface area contributed by atoms with Gasteiger partial charge in [0.05, 0.1) is 24.1 Å². The molecule has 5 aliphatic heterocycles. The first kappa shape index (κ1) is 40.4. The van der Waals surface area contributed by atoms with Gasteiger partial charge < -0.3 is 46.0 Å². The number of aromatic nitrogens is 3. The number of nitrogens with two attached hydrogens (primary N) is 1. The van der Waals surface area contributed by atoms with Gasteiger partial charge in [-0.1, -0.05) is 12.1 Å². The normalized spacial score (nSPS) is 23.1. The van der Waals surface area contributed by atoms with Gasteiger partial charge in [-0.3, -0.25) is 19.7 Å². The Bertz CT molecular complexity index is 1980. The van der Waals surface area contributed by atoms with Crippen LogP contribution in [0.5, 0.6) is 0 Å².